The monoisotopic (exact) mass is 491 g/mol. The number of rotatable bonds is 4. The van der Waals surface area contributed by atoms with Crippen molar-refractivity contribution in [3.05, 3.63) is 99.0 Å². The van der Waals surface area contributed by atoms with Crippen LogP contribution < -0.4 is 9.64 Å². The Morgan fingerprint density at radius 3 is 2.28 bits per heavy atom. The normalized spacial score (nSPS) is 17.6. The summed E-state index contributed by atoms with van der Waals surface area (Å²) in [5.74, 6) is -0.947. The number of ketones is 1. The molecule has 0 radical (unpaired) electrons. The maximum Gasteiger partial charge on any atom is 0.300 e. The molecule has 1 fully saturated rings. The predicted molar refractivity (Wildman–Crippen MR) is 128 cm³/mol. The molecule has 3 aromatic rings. The van der Waals surface area contributed by atoms with Gasteiger partial charge < -0.3 is 9.84 Å². The zero-order valence-corrected chi connectivity index (χ0v) is 19.5. The molecule has 6 heteroatoms. The highest BCUT2D eigenvalue weighted by molar-refractivity contribution is 9.10. The fourth-order valence-electron chi connectivity index (χ4n) is 3.98. The lowest BCUT2D eigenvalue weighted by Gasteiger charge is -2.26. The Morgan fingerprint density at radius 2 is 1.66 bits per heavy atom. The first-order chi connectivity index (χ1) is 15.3. The third kappa shape index (κ3) is 3.71. The minimum atomic E-state index is -0.756. The molecule has 1 unspecified atom stereocenters. The summed E-state index contributed by atoms with van der Waals surface area (Å²) in [6.45, 7) is 3.82. The van der Waals surface area contributed by atoms with E-state index in [1.165, 1.54) is 4.90 Å². The summed E-state index contributed by atoms with van der Waals surface area (Å²) in [5.41, 5.74) is 3.70. The number of ether oxygens (including phenoxy) is 1. The van der Waals surface area contributed by atoms with Crippen LogP contribution in [0.1, 0.15) is 28.3 Å². The van der Waals surface area contributed by atoms with Gasteiger partial charge in [-0.25, -0.2) is 0 Å². The van der Waals surface area contributed by atoms with E-state index in [2.05, 4.69) is 15.9 Å². The molecule has 1 heterocycles. The molecule has 1 aliphatic rings. The summed E-state index contributed by atoms with van der Waals surface area (Å²) < 4.78 is 6.12. The van der Waals surface area contributed by atoms with Crippen LogP contribution in [0.5, 0.6) is 5.75 Å². The highest BCUT2D eigenvalue weighted by Gasteiger charge is 2.47. The number of benzene rings is 3. The first kappa shape index (κ1) is 21.8. The Morgan fingerprint density at radius 1 is 0.969 bits per heavy atom. The van der Waals surface area contributed by atoms with Gasteiger partial charge in [-0.3, -0.25) is 14.5 Å². The second-order valence-electron chi connectivity index (χ2n) is 7.69. The molecule has 1 saturated heterocycles. The largest absolute Gasteiger partial charge is 0.507 e. The third-order valence-electron chi connectivity index (χ3n) is 5.71. The van der Waals surface area contributed by atoms with Crippen molar-refractivity contribution in [3.63, 3.8) is 0 Å². The smallest absolute Gasteiger partial charge is 0.300 e. The van der Waals surface area contributed by atoms with Crippen LogP contribution in [0.15, 0.2) is 76.8 Å². The van der Waals surface area contributed by atoms with Crippen molar-refractivity contribution in [2.75, 3.05) is 12.0 Å². The SMILES string of the molecule is COc1ccc(N2C(=O)C(=O)/C(=C(/O)c3ccc(Br)c(C)c3)C2c2ccccc2C)cc1. The first-order valence-electron chi connectivity index (χ1n) is 10.1. The van der Waals surface area contributed by atoms with Crippen LogP contribution in [0.2, 0.25) is 0 Å². The van der Waals surface area contributed by atoms with Crippen LogP contribution >= 0.6 is 15.9 Å². The molecule has 1 aliphatic heterocycles. The molecule has 1 N–H and O–H groups in total. The number of amides is 1. The number of hydrogen-bond acceptors (Lipinski definition) is 4. The van der Waals surface area contributed by atoms with E-state index >= 15 is 0 Å². The number of carbonyl (C=O) groups is 2. The van der Waals surface area contributed by atoms with Crippen molar-refractivity contribution >= 4 is 39.1 Å². The number of aryl methyl sites for hydroxylation is 2. The molecular formula is C26H22BrNO4. The Balaban J connectivity index is 1.95. The second kappa shape index (κ2) is 8.63. The van der Waals surface area contributed by atoms with E-state index in [9.17, 15) is 14.7 Å². The van der Waals surface area contributed by atoms with Crippen LogP contribution in [-0.4, -0.2) is 23.9 Å². The predicted octanol–water partition coefficient (Wildman–Crippen LogP) is 5.70. The number of aliphatic hydroxyl groups excluding tert-OH is 1. The molecule has 32 heavy (non-hydrogen) atoms. The standard InChI is InChI=1S/C26H22BrNO4/c1-15-6-4-5-7-20(15)23-22(24(29)17-8-13-21(27)16(2)14-17)25(30)26(31)28(23)18-9-11-19(32-3)12-10-18/h4-14,23,29H,1-3H3/b24-22+. The molecule has 0 aromatic heterocycles. The van der Waals surface area contributed by atoms with Crippen molar-refractivity contribution in [2.24, 2.45) is 0 Å². The Hall–Kier alpha value is -3.38. The summed E-state index contributed by atoms with van der Waals surface area (Å²) >= 11 is 3.46. The van der Waals surface area contributed by atoms with E-state index in [1.807, 2.05) is 44.2 Å². The number of methoxy groups -OCH3 is 1. The molecule has 0 spiro atoms. The molecular weight excluding hydrogens is 470 g/mol. The molecule has 1 amide bonds. The van der Waals surface area contributed by atoms with Gasteiger partial charge >= 0.3 is 0 Å². The van der Waals surface area contributed by atoms with Crippen LogP contribution in [0.3, 0.4) is 0 Å². The molecule has 162 valence electrons. The minimum absolute atomic E-state index is 0.0711. The molecule has 1 atom stereocenters. The van der Waals surface area contributed by atoms with E-state index in [0.717, 1.165) is 21.2 Å². The van der Waals surface area contributed by atoms with E-state index in [4.69, 9.17) is 4.74 Å². The summed E-state index contributed by atoms with van der Waals surface area (Å²) in [6, 6.07) is 19.1. The number of hydrogen-bond donors (Lipinski definition) is 1. The second-order valence-corrected chi connectivity index (χ2v) is 8.54. The van der Waals surface area contributed by atoms with Gasteiger partial charge in [0.05, 0.1) is 18.7 Å². The van der Waals surface area contributed by atoms with Crippen LogP contribution in [0.25, 0.3) is 5.76 Å². The van der Waals surface area contributed by atoms with Crippen molar-refractivity contribution in [1.82, 2.24) is 0 Å². The van der Waals surface area contributed by atoms with Gasteiger partial charge in [0, 0.05) is 15.7 Å². The lowest BCUT2D eigenvalue weighted by atomic mass is 9.92. The maximum atomic E-state index is 13.2. The van der Waals surface area contributed by atoms with Gasteiger partial charge in [-0.2, -0.15) is 0 Å². The zero-order valence-electron chi connectivity index (χ0n) is 17.9. The van der Waals surface area contributed by atoms with Gasteiger partial charge in [0.15, 0.2) is 0 Å². The Bertz CT molecular complexity index is 1250. The summed E-state index contributed by atoms with van der Waals surface area (Å²) in [4.78, 5) is 27.9. The Labute approximate surface area is 195 Å². The van der Waals surface area contributed by atoms with Crippen molar-refractivity contribution in [3.8, 4) is 5.75 Å². The highest BCUT2D eigenvalue weighted by atomic mass is 79.9. The van der Waals surface area contributed by atoms with E-state index in [1.54, 1.807) is 43.5 Å². The van der Waals surface area contributed by atoms with Gasteiger partial charge in [-0.15, -0.1) is 0 Å². The maximum absolute atomic E-state index is 13.2. The topological polar surface area (TPSA) is 66.8 Å². The van der Waals surface area contributed by atoms with Gasteiger partial charge in [-0.05, 0) is 66.9 Å². The third-order valence-corrected chi connectivity index (χ3v) is 6.60. The van der Waals surface area contributed by atoms with Gasteiger partial charge in [0.2, 0.25) is 0 Å². The van der Waals surface area contributed by atoms with Gasteiger partial charge in [-0.1, -0.05) is 46.3 Å². The van der Waals surface area contributed by atoms with E-state index < -0.39 is 17.7 Å². The quantitative estimate of drug-likeness (QED) is 0.288. The van der Waals surface area contributed by atoms with Crippen molar-refractivity contribution < 1.29 is 19.4 Å². The number of anilines is 1. The van der Waals surface area contributed by atoms with Gasteiger partial charge in [0.1, 0.15) is 11.5 Å². The number of nitrogens with zero attached hydrogens (tertiary/aromatic N) is 1. The number of carbonyl (C=O) groups excluding carboxylic acids is 2. The summed E-state index contributed by atoms with van der Waals surface area (Å²) in [6.07, 6.45) is 0. The van der Waals surface area contributed by atoms with Crippen molar-refractivity contribution in [1.29, 1.82) is 0 Å². The average molecular weight is 492 g/mol. The number of halogens is 1. The van der Waals surface area contributed by atoms with Crippen LogP contribution in [-0.2, 0) is 9.59 Å². The minimum Gasteiger partial charge on any atom is -0.507 e. The lowest BCUT2D eigenvalue weighted by molar-refractivity contribution is -0.132. The fourth-order valence-corrected chi connectivity index (χ4v) is 4.22. The molecule has 0 bridgehead atoms. The zero-order chi connectivity index (χ0) is 23.0. The van der Waals surface area contributed by atoms with E-state index in [-0.39, 0.29) is 11.3 Å². The molecule has 0 aliphatic carbocycles. The molecule has 5 nitrogen and oxygen atoms in total. The van der Waals surface area contributed by atoms with Crippen molar-refractivity contribution in [2.45, 2.75) is 19.9 Å². The average Bonchev–Trinajstić information content (AvgIpc) is 3.06. The molecule has 3 aromatic carbocycles. The van der Waals surface area contributed by atoms with Gasteiger partial charge in [0.25, 0.3) is 11.7 Å². The van der Waals surface area contributed by atoms with E-state index in [0.29, 0.717) is 17.0 Å². The molecule has 4 rings (SSSR count). The van der Waals surface area contributed by atoms with Crippen LogP contribution in [0, 0.1) is 13.8 Å². The summed E-state index contributed by atoms with van der Waals surface area (Å²) in [7, 11) is 1.56. The lowest BCUT2D eigenvalue weighted by Crippen LogP contribution is -2.29. The first-order valence-corrected chi connectivity index (χ1v) is 10.9. The number of Topliss-reactive ketones (excluding diaryl/α,β-unsaturated/α-hetero) is 1. The summed E-state index contributed by atoms with van der Waals surface area (Å²) in [5, 5.41) is 11.2. The highest BCUT2D eigenvalue weighted by Crippen LogP contribution is 2.43. The number of aliphatic hydroxyl groups is 1. The van der Waals surface area contributed by atoms with Crippen LogP contribution in [0.4, 0.5) is 5.69 Å². The molecule has 0 saturated carbocycles. The fraction of sp³-hybridized carbons (Fsp3) is 0.154. The Kier molecular flexibility index (Phi) is 5.89.